The molecule has 4 rings (SSSR count). The number of amides is 1. The zero-order valence-corrected chi connectivity index (χ0v) is 16.6. The number of carbonyl (C=O) groups excluding carboxylic acids is 1. The molecule has 0 spiro atoms. The van der Waals surface area contributed by atoms with Crippen LogP contribution in [0.15, 0.2) is 66.7 Å². The van der Waals surface area contributed by atoms with Crippen LogP contribution in [0.5, 0.6) is 11.5 Å². The first-order valence-electron chi connectivity index (χ1n) is 9.60. The number of nitrogens with one attached hydrogen (secondary N) is 1. The van der Waals surface area contributed by atoms with Crippen LogP contribution in [0.2, 0.25) is 0 Å². The minimum absolute atomic E-state index is 0.145. The number of nitrogens with zero attached hydrogens (tertiary/aromatic N) is 1. The maximum atomic E-state index is 12.7. The molecule has 1 amide bonds. The topological polar surface area (TPSA) is 50.8 Å². The van der Waals surface area contributed by atoms with Crippen molar-refractivity contribution in [3.05, 3.63) is 83.4 Å². The number of fused-ring (bicyclic) bond motifs is 1. The van der Waals surface area contributed by atoms with E-state index in [1.807, 2.05) is 18.2 Å². The monoisotopic (exact) mass is 388 g/mol. The highest BCUT2D eigenvalue weighted by atomic mass is 16.7. The third kappa shape index (κ3) is 4.25. The maximum Gasteiger partial charge on any atom is 0.255 e. The van der Waals surface area contributed by atoms with Gasteiger partial charge in [-0.2, -0.15) is 0 Å². The second kappa shape index (κ2) is 8.37. The lowest BCUT2D eigenvalue weighted by atomic mass is 9.98. The summed E-state index contributed by atoms with van der Waals surface area (Å²) in [5, 5.41) is 3.01. The van der Waals surface area contributed by atoms with Crippen molar-refractivity contribution in [1.82, 2.24) is 10.2 Å². The van der Waals surface area contributed by atoms with Gasteiger partial charge in [0.1, 0.15) is 0 Å². The first-order valence-corrected chi connectivity index (χ1v) is 9.60. The lowest BCUT2D eigenvalue weighted by Crippen LogP contribution is -2.23. The van der Waals surface area contributed by atoms with Crippen LogP contribution in [0.4, 0.5) is 0 Å². The standard InChI is InChI=1S/C24H24N2O3/c1-26(2)15-17-10-12-18(13-11-17)20-7-4-3-6-19(20)14-25-24(27)21-8-5-9-22-23(21)29-16-28-22/h3-13H,14-16H2,1-2H3,(H,25,27). The molecule has 0 saturated carbocycles. The highest BCUT2D eigenvalue weighted by molar-refractivity contribution is 5.98. The van der Waals surface area contributed by atoms with Crippen LogP contribution in [0.25, 0.3) is 11.1 Å². The number of ether oxygens (including phenoxy) is 2. The predicted molar refractivity (Wildman–Crippen MR) is 113 cm³/mol. The highest BCUT2D eigenvalue weighted by Gasteiger charge is 2.21. The van der Waals surface area contributed by atoms with Gasteiger partial charge in [-0.3, -0.25) is 4.79 Å². The molecule has 1 aliphatic rings. The molecule has 0 fully saturated rings. The Morgan fingerprint density at radius 2 is 1.76 bits per heavy atom. The summed E-state index contributed by atoms with van der Waals surface area (Å²) in [4.78, 5) is 14.9. The molecule has 0 radical (unpaired) electrons. The van der Waals surface area contributed by atoms with E-state index in [9.17, 15) is 4.79 Å². The molecule has 0 bridgehead atoms. The van der Waals surface area contributed by atoms with Gasteiger partial charge in [0.15, 0.2) is 11.5 Å². The van der Waals surface area contributed by atoms with Gasteiger partial charge in [-0.25, -0.2) is 0 Å². The Morgan fingerprint density at radius 3 is 2.55 bits per heavy atom. The SMILES string of the molecule is CN(C)Cc1ccc(-c2ccccc2CNC(=O)c2cccc3c2OCO3)cc1. The van der Waals surface area contributed by atoms with Crippen molar-refractivity contribution in [3.63, 3.8) is 0 Å². The van der Waals surface area contributed by atoms with Crippen molar-refractivity contribution in [2.24, 2.45) is 0 Å². The molecule has 148 valence electrons. The molecule has 5 nitrogen and oxygen atoms in total. The second-order valence-corrected chi connectivity index (χ2v) is 7.31. The normalized spacial score (nSPS) is 12.2. The van der Waals surface area contributed by atoms with E-state index in [1.165, 1.54) is 5.56 Å². The minimum Gasteiger partial charge on any atom is -0.454 e. The van der Waals surface area contributed by atoms with E-state index in [1.54, 1.807) is 18.2 Å². The van der Waals surface area contributed by atoms with Crippen molar-refractivity contribution in [2.75, 3.05) is 20.9 Å². The third-order valence-electron chi connectivity index (χ3n) is 4.86. The molecule has 0 aliphatic carbocycles. The summed E-state index contributed by atoms with van der Waals surface area (Å²) in [6.45, 7) is 1.48. The predicted octanol–water partition coefficient (Wildman–Crippen LogP) is 4.07. The summed E-state index contributed by atoms with van der Waals surface area (Å²) >= 11 is 0. The van der Waals surface area contributed by atoms with Gasteiger partial charge in [-0.15, -0.1) is 0 Å². The van der Waals surface area contributed by atoms with Crippen LogP contribution in [0.3, 0.4) is 0 Å². The number of para-hydroxylation sites is 1. The van der Waals surface area contributed by atoms with E-state index >= 15 is 0 Å². The smallest absolute Gasteiger partial charge is 0.255 e. The number of benzene rings is 3. The van der Waals surface area contributed by atoms with Crippen LogP contribution < -0.4 is 14.8 Å². The summed E-state index contributed by atoms with van der Waals surface area (Å²) in [5.74, 6) is 0.939. The Balaban J connectivity index is 1.51. The number of hydrogen-bond donors (Lipinski definition) is 1. The van der Waals surface area contributed by atoms with E-state index in [4.69, 9.17) is 9.47 Å². The molecule has 1 aliphatic heterocycles. The van der Waals surface area contributed by atoms with Crippen LogP contribution in [0.1, 0.15) is 21.5 Å². The van der Waals surface area contributed by atoms with Crippen molar-refractivity contribution in [3.8, 4) is 22.6 Å². The fourth-order valence-electron chi connectivity index (χ4n) is 3.49. The van der Waals surface area contributed by atoms with Crippen molar-refractivity contribution >= 4 is 5.91 Å². The van der Waals surface area contributed by atoms with Gasteiger partial charge in [0, 0.05) is 13.1 Å². The molecule has 1 N–H and O–H groups in total. The zero-order valence-electron chi connectivity index (χ0n) is 16.6. The second-order valence-electron chi connectivity index (χ2n) is 7.31. The maximum absolute atomic E-state index is 12.7. The third-order valence-corrected chi connectivity index (χ3v) is 4.86. The average Bonchev–Trinajstić information content (AvgIpc) is 3.21. The van der Waals surface area contributed by atoms with E-state index in [2.05, 4.69) is 54.6 Å². The van der Waals surface area contributed by atoms with Crippen LogP contribution in [-0.4, -0.2) is 31.7 Å². The number of hydrogen-bond acceptors (Lipinski definition) is 4. The fourth-order valence-corrected chi connectivity index (χ4v) is 3.49. The Labute approximate surface area is 170 Å². The van der Waals surface area contributed by atoms with Gasteiger partial charge < -0.3 is 19.7 Å². The molecule has 1 heterocycles. The van der Waals surface area contributed by atoms with E-state index in [0.29, 0.717) is 23.6 Å². The van der Waals surface area contributed by atoms with E-state index < -0.39 is 0 Å². The molecule has 0 aromatic heterocycles. The molecule has 0 saturated heterocycles. The molecule has 3 aromatic carbocycles. The first-order chi connectivity index (χ1) is 14.1. The van der Waals surface area contributed by atoms with Crippen LogP contribution in [-0.2, 0) is 13.1 Å². The van der Waals surface area contributed by atoms with E-state index in [-0.39, 0.29) is 12.7 Å². The Kier molecular flexibility index (Phi) is 5.49. The summed E-state index contributed by atoms with van der Waals surface area (Å²) in [6.07, 6.45) is 0. The largest absolute Gasteiger partial charge is 0.454 e. The Hall–Kier alpha value is -3.31. The van der Waals surface area contributed by atoms with Gasteiger partial charge in [-0.1, -0.05) is 54.6 Å². The van der Waals surface area contributed by atoms with Gasteiger partial charge in [0.25, 0.3) is 5.91 Å². The zero-order chi connectivity index (χ0) is 20.2. The highest BCUT2D eigenvalue weighted by Crippen LogP contribution is 2.35. The molecular weight excluding hydrogens is 364 g/mol. The molecule has 0 unspecified atom stereocenters. The fraction of sp³-hybridized carbons (Fsp3) is 0.208. The average molecular weight is 388 g/mol. The summed E-state index contributed by atoms with van der Waals surface area (Å²) in [7, 11) is 4.12. The molecule has 29 heavy (non-hydrogen) atoms. The summed E-state index contributed by atoms with van der Waals surface area (Å²) in [5.41, 5.74) is 5.07. The Morgan fingerprint density at radius 1 is 0.966 bits per heavy atom. The summed E-state index contributed by atoms with van der Waals surface area (Å²) < 4.78 is 10.8. The minimum atomic E-state index is -0.177. The molecule has 5 heteroatoms. The Bertz CT molecular complexity index is 1010. The molecule has 3 aromatic rings. The van der Waals surface area contributed by atoms with E-state index in [0.717, 1.165) is 23.2 Å². The molecular formula is C24H24N2O3. The van der Waals surface area contributed by atoms with Crippen LogP contribution >= 0.6 is 0 Å². The van der Waals surface area contributed by atoms with Gasteiger partial charge in [0.05, 0.1) is 5.56 Å². The summed E-state index contributed by atoms with van der Waals surface area (Å²) in [6, 6.07) is 22.0. The quantitative estimate of drug-likeness (QED) is 0.692. The molecule has 0 atom stereocenters. The number of rotatable bonds is 6. The van der Waals surface area contributed by atoms with Crippen LogP contribution in [0, 0.1) is 0 Å². The lowest BCUT2D eigenvalue weighted by molar-refractivity contribution is 0.0946. The van der Waals surface area contributed by atoms with Crippen molar-refractivity contribution in [1.29, 1.82) is 0 Å². The number of carbonyl (C=O) groups is 1. The van der Waals surface area contributed by atoms with Gasteiger partial charge >= 0.3 is 0 Å². The van der Waals surface area contributed by atoms with Crippen molar-refractivity contribution < 1.29 is 14.3 Å². The van der Waals surface area contributed by atoms with Gasteiger partial charge in [0.2, 0.25) is 6.79 Å². The van der Waals surface area contributed by atoms with Crippen molar-refractivity contribution in [2.45, 2.75) is 13.1 Å². The lowest BCUT2D eigenvalue weighted by Gasteiger charge is -2.13. The first kappa shape index (κ1) is 19.0. The van der Waals surface area contributed by atoms with Gasteiger partial charge in [-0.05, 0) is 48.5 Å².